The average Bonchev–Trinajstić information content (AvgIpc) is 3.28. The van der Waals surface area contributed by atoms with Gasteiger partial charge in [0.2, 0.25) is 0 Å². The van der Waals surface area contributed by atoms with Crippen molar-refractivity contribution < 1.29 is 48.2 Å². The van der Waals surface area contributed by atoms with Crippen LogP contribution in [0.2, 0.25) is 0 Å². The number of aliphatic hydroxyl groups is 3. The van der Waals surface area contributed by atoms with Gasteiger partial charge in [-0.05, 0) is 80.5 Å². The summed E-state index contributed by atoms with van der Waals surface area (Å²) in [5.74, 6) is -0.686. The number of aliphatic hydroxyl groups excluding tert-OH is 3. The van der Waals surface area contributed by atoms with Crippen LogP contribution in [0.25, 0.3) is 0 Å². The molecular formula is C25H37O10P. The van der Waals surface area contributed by atoms with Gasteiger partial charge in [-0.2, -0.15) is 0 Å². The zero-order valence-electron chi connectivity index (χ0n) is 20.8. The molecule has 0 amide bonds. The van der Waals surface area contributed by atoms with Crippen LogP contribution < -0.4 is 0 Å². The number of hydrogen-bond acceptors (Lipinski definition) is 9. The predicted molar refractivity (Wildman–Crippen MR) is 125 cm³/mol. The fraction of sp³-hybridized carbons (Fsp3) is 0.840. The molecule has 10 atom stereocenters. The zero-order chi connectivity index (χ0) is 26.0. The number of rotatable bonds is 6. The molecule has 4 saturated carbocycles. The largest absolute Gasteiger partial charge is 0.528 e. The van der Waals surface area contributed by atoms with E-state index in [1.165, 1.54) is 0 Å². The number of carbonyl (C=O) groups is 2. The molecule has 0 radical (unpaired) electrons. The number of Topliss-reactive ketones (excluding diaryl/α,β-unsaturated/α-hetero) is 1. The highest BCUT2D eigenvalue weighted by Crippen LogP contribution is 2.66. The van der Waals surface area contributed by atoms with Crippen LogP contribution in [0.5, 0.6) is 0 Å². The number of ether oxygens (including phenoxy) is 1. The van der Waals surface area contributed by atoms with Gasteiger partial charge >= 0.3 is 13.8 Å². The molecule has 4 aliphatic carbocycles. The van der Waals surface area contributed by atoms with Crippen molar-refractivity contribution in [2.75, 3.05) is 6.61 Å². The van der Waals surface area contributed by atoms with Gasteiger partial charge in [0.05, 0.1) is 12.7 Å². The lowest BCUT2D eigenvalue weighted by Crippen LogP contribution is -2.54. The van der Waals surface area contributed by atoms with Gasteiger partial charge < -0.3 is 24.6 Å². The van der Waals surface area contributed by atoms with E-state index < -0.39 is 50.2 Å². The molecular weight excluding hydrogens is 491 g/mol. The molecule has 0 aromatic carbocycles. The van der Waals surface area contributed by atoms with Crippen LogP contribution in [0.15, 0.2) is 11.5 Å². The number of hydrogen-bond donors (Lipinski definition) is 4. The van der Waals surface area contributed by atoms with E-state index in [1.807, 2.05) is 0 Å². The van der Waals surface area contributed by atoms with E-state index in [0.717, 1.165) is 38.5 Å². The third-order valence-electron chi connectivity index (χ3n) is 10.3. The first kappa shape index (κ1) is 26.2. The third kappa shape index (κ3) is 4.13. The number of cyclic esters (lactones) is 1. The van der Waals surface area contributed by atoms with E-state index in [0.29, 0.717) is 48.7 Å². The quantitative estimate of drug-likeness (QED) is 0.298. The Morgan fingerprint density at radius 3 is 2.58 bits per heavy atom. The Kier molecular flexibility index (Phi) is 6.60. The van der Waals surface area contributed by atoms with Crippen molar-refractivity contribution >= 4 is 19.6 Å². The molecule has 5 aliphatic rings. The van der Waals surface area contributed by atoms with Crippen molar-refractivity contribution in [1.82, 2.24) is 0 Å². The SMILES string of the molecule is C[C@]12CC[C@H](OP(=O)(O)OC3=C(O)C(C(O)CO)OC3=O)CC1CC[C@@H]1[C@@H]2CC[C@]2(C)C(=O)CC[C@@H]12. The Balaban J connectivity index is 1.24. The smallest absolute Gasteiger partial charge is 0.505 e. The summed E-state index contributed by atoms with van der Waals surface area (Å²) < 4.78 is 27.8. The molecule has 0 aromatic heterocycles. The monoisotopic (exact) mass is 528 g/mol. The number of phosphoric ester groups is 1. The van der Waals surface area contributed by atoms with Crippen LogP contribution in [-0.2, 0) is 27.9 Å². The molecule has 0 spiro atoms. The van der Waals surface area contributed by atoms with Crippen LogP contribution in [-0.4, -0.2) is 56.9 Å². The first-order valence-corrected chi connectivity index (χ1v) is 14.6. The van der Waals surface area contributed by atoms with Crippen molar-refractivity contribution in [3.8, 4) is 0 Å². The normalized spacial score (nSPS) is 44.8. The lowest BCUT2D eigenvalue weighted by Gasteiger charge is -2.60. The summed E-state index contributed by atoms with van der Waals surface area (Å²) in [6.07, 6.45) is 3.99. The lowest BCUT2D eigenvalue weighted by atomic mass is 9.45. The Morgan fingerprint density at radius 1 is 1.11 bits per heavy atom. The molecule has 4 N–H and O–H groups in total. The Morgan fingerprint density at radius 2 is 1.86 bits per heavy atom. The Hall–Kier alpha value is -1.45. The van der Waals surface area contributed by atoms with E-state index in [2.05, 4.69) is 13.8 Å². The van der Waals surface area contributed by atoms with Crippen LogP contribution in [0, 0.1) is 34.5 Å². The third-order valence-corrected chi connectivity index (χ3v) is 11.3. The van der Waals surface area contributed by atoms with Gasteiger partial charge in [-0.15, -0.1) is 0 Å². The number of phosphoric acid groups is 1. The van der Waals surface area contributed by atoms with E-state index in [1.54, 1.807) is 0 Å². The number of ketones is 1. The molecule has 1 heterocycles. The first-order valence-electron chi connectivity index (χ1n) is 13.1. The molecule has 5 rings (SSSR count). The second-order valence-electron chi connectivity index (χ2n) is 11.9. The maximum absolute atomic E-state index is 12.7. The number of fused-ring (bicyclic) bond motifs is 5. The summed E-state index contributed by atoms with van der Waals surface area (Å²) in [6.45, 7) is 3.72. The van der Waals surface area contributed by atoms with Crippen LogP contribution in [0.4, 0.5) is 0 Å². The summed E-state index contributed by atoms with van der Waals surface area (Å²) in [7, 11) is -4.78. The van der Waals surface area contributed by atoms with Crippen molar-refractivity contribution in [1.29, 1.82) is 0 Å². The van der Waals surface area contributed by atoms with E-state index in [4.69, 9.17) is 18.9 Å². The van der Waals surface area contributed by atoms with Gasteiger partial charge in [0.1, 0.15) is 11.9 Å². The van der Waals surface area contributed by atoms with Crippen molar-refractivity contribution in [3.05, 3.63) is 11.5 Å². The highest BCUT2D eigenvalue weighted by Gasteiger charge is 2.60. The Labute approximate surface area is 210 Å². The van der Waals surface area contributed by atoms with Gasteiger partial charge in [-0.3, -0.25) is 14.2 Å². The molecule has 4 unspecified atom stereocenters. The second-order valence-corrected chi connectivity index (χ2v) is 13.3. The Bertz CT molecular complexity index is 1010. The summed E-state index contributed by atoms with van der Waals surface area (Å²) in [4.78, 5) is 35.0. The minimum absolute atomic E-state index is 0.0831. The van der Waals surface area contributed by atoms with E-state index in [9.17, 15) is 29.3 Å². The fourth-order valence-electron chi connectivity index (χ4n) is 8.31. The van der Waals surface area contributed by atoms with Gasteiger partial charge in [0.15, 0.2) is 11.9 Å². The summed E-state index contributed by atoms with van der Waals surface area (Å²) in [6, 6.07) is 0. The molecule has 0 saturated heterocycles. The van der Waals surface area contributed by atoms with E-state index >= 15 is 0 Å². The van der Waals surface area contributed by atoms with Crippen LogP contribution >= 0.6 is 7.82 Å². The van der Waals surface area contributed by atoms with Crippen molar-refractivity contribution in [2.24, 2.45) is 34.5 Å². The van der Waals surface area contributed by atoms with Gasteiger partial charge in [-0.25, -0.2) is 9.36 Å². The van der Waals surface area contributed by atoms with Crippen LogP contribution in [0.3, 0.4) is 0 Å². The van der Waals surface area contributed by atoms with Crippen molar-refractivity contribution in [2.45, 2.75) is 89.9 Å². The maximum Gasteiger partial charge on any atom is 0.528 e. The molecule has 4 fully saturated rings. The topological polar surface area (TPSA) is 160 Å². The fourth-order valence-corrected chi connectivity index (χ4v) is 9.32. The standard InChI is InChI=1S/C25H37O10P/c1-24-9-7-14(34-36(31,32)35-22-20(29)21(18(27)12-26)33-23(22)30)11-13(24)3-4-15-16-5-6-19(28)25(16,2)10-8-17(15)24/h13-18,21,26-27,29H,3-12H2,1-2H3,(H,31,32)/t13?,14-,15-,16-,17-,18?,21?,24-,25-/m0/s1. The summed E-state index contributed by atoms with van der Waals surface area (Å²) in [5, 5.41) is 28.8. The lowest BCUT2D eigenvalue weighted by molar-refractivity contribution is -0.148. The van der Waals surface area contributed by atoms with Gasteiger partial charge in [0, 0.05) is 11.8 Å². The van der Waals surface area contributed by atoms with Gasteiger partial charge in [0.25, 0.3) is 5.76 Å². The summed E-state index contributed by atoms with van der Waals surface area (Å²) in [5.41, 5.74) is -0.0842. The molecule has 10 nitrogen and oxygen atoms in total. The highest BCUT2D eigenvalue weighted by molar-refractivity contribution is 7.47. The average molecular weight is 529 g/mol. The zero-order valence-corrected chi connectivity index (χ0v) is 21.7. The molecule has 36 heavy (non-hydrogen) atoms. The second kappa shape index (κ2) is 9.09. The minimum atomic E-state index is -4.78. The predicted octanol–water partition coefficient (Wildman–Crippen LogP) is 3.15. The van der Waals surface area contributed by atoms with Crippen molar-refractivity contribution in [3.63, 3.8) is 0 Å². The number of esters is 1. The van der Waals surface area contributed by atoms with Gasteiger partial charge in [-0.1, -0.05) is 13.8 Å². The molecule has 202 valence electrons. The highest BCUT2D eigenvalue weighted by atomic mass is 31.2. The maximum atomic E-state index is 12.7. The summed E-state index contributed by atoms with van der Waals surface area (Å²) >= 11 is 0. The molecule has 0 bridgehead atoms. The molecule has 11 heteroatoms. The first-order chi connectivity index (χ1) is 16.9. The van der Waals surface area contributed by atoms with E-state index in [-0.39, 0.29) is 10.8 Å². The minimum Gasteiger partial charge on any atom is -0.505 e. The molecule has 0 aromatic rings. The number of carbonyl (C=O) groups excluding carboxylic acids is 2. The van der Waals surface area contributed by atoms with Crippen LogP contribution in [0.1, 0.15) is 71.6 Å². The molecule has 1 aliphatic heterocycles.